The molecule has 1 aliphatic heterocycles. The summed E-state index contributed by atoms with van der Waals surface area (Å²) in [5.41, 5.74) is -1.32. The largest absolute Gasteiger partial charge is 0.480 e. The maximum absolute atomic E-state index is 11.8. The summed E-state index contributed by atoms with van der Waals surface area (Å²) in [6, 6.07) is 0. The molecule has 0 spiro atoms. The van der Waals surface area contributed by atoms with Crippen LogP contribution >= 0.6 is 12.6 Å². The standard InChI is InChI=1S/C10H17NO3S/c12-8(4-3-7-15)10(9(13)14)5-1-2-6-11-10/h11,15H,1-7H2,(H,13,14). The van der Waals surface area contributed by atoms with E-state index in [1.165, 1.54) is 0 Å². The topological polar surface area (TPSA) is 66.4 Å². The Labute approximate surface area is 94.8 Å². The van der Waals surface area contributed by atoms with E-state index < -0.39 is 11.5 Å². The Morgan fingerprint density at radius 1 is 1.40 bits per heavy atom. The van der Waals surface area contributed by atoms with Gasteiger partial charge in [-0.3, -0.25) is 10.1 Å². The van der Waals surface area contributed by atoms with E-state index in [2.05, 4.69) is 17.9 Å². The third kappa shape index (κ3) is 2.72. The molecule has 0 amide bonds. The number of aliphatic carboxylic acids is 1. The molecule has 0 aromatic carbocycles. The lowest BCUT2D eigenvalue weighted by atomic mass is 9.83. The maximum Gasteiger partial charge on any atom is 0.331 e. The van der Waals surface area contributed by atoms with Gasteiger partial charge in [-0.1, -0.05) is 0 Å². The molecule has 5 heteroatoms. The lowest BCUT2D eigenvalue weighted by molar-refractivity contribution is -0.151. The molecule has 15 heavy (non-hydrogen) atoms. The number of piperidine rings is 1. The van der Waals surface area contributed by atoms with E-state index in [1.54, 1.807) is 0 Å². The molecule has 0 bridgehead atoms. The first-order valence-electron chi connectivity index (χ1n) is 5.26. The molecule has 0 aliphatic carbocycles. The van der Waals surface area contributed by atoms with Crippen molar-refractivity contribution in [3.05, 3.63) is 0 Å². The zero-order chi connectivity index (χ0) is 11.3. The molecule has 1 heterocycles. The first kappa shape index (κ1) is 12.5. The molecule has 1 unspecified atom stereocenters. The van der Waals surface area contributed by atoms with E-state index in [0.29, 0.717) is 31.6 Å². The summed E-state index contributed by atoms with van der Waals surface area (Å²) < 4.78 is 0. The van der Waals surface area contributed by atoms with E-state index >= 15 is 0 Å². The fourth-order valence-electron chi connectivity index (χ4n) is 1.90. The van der Waals surface area contributed by atoms with E-state index in [9.17, 15) is 9.59 Å². The smallest absolute Gasteiger partial charge is 0.331 e. The number of carbonyl (C=O) groups excluding carboxylic acids is 1. The minimum Gasteiger partial charge on any atom is -0.480 e. The average Bonchev–Trinajstić information content (AvgIpc) is 2.26. The van der Waals surface area contributed by atoms with Crippen LogP contribution < -0.4 is 5.32 Å². The number of hydrogen-bond donors (Lipinski definition) is 3. The summed E-state index contributed by atoms with van der Waals surface area (Å²) in [4.78, 5) is 23.0. The molecule has 86 valence electrons. The highest BCUT2D eigenvalue weighted by Gasteiger charge is 2.45. The van der Waals surface area contributed by atoms with Crippen molar-refractivity contribution in [3.8, 4) is 0 Å². The zero-order valence-electron chi connectivity index (χ0n) is 8.66. The van der Waals surface area contributed by atoms with E-state index in [0.717, 1.165) is 12.8 Å². The van der Waals surface area contributed by atoms with Gasteiger partial charge < -0.3 is 5.11 Å². The normalized spacial score (nSPS) is 26.2. The van der Waals surface area contributed by atoms with Crippen LogP contribution in [0, 0.1) is 0 Å². The third-order valence-corrected chi connectivity index (χ3v) is 3.12. The number of carbonyl (C=O) groups is 2. The molecule has 0 radical (unpaired) electrons. The molecule has 1 atom stereocenters. The van der Waals surface area contributed by atoms with Gasteiger partial charge in [-0.25, -0.2) is 4.79 Å². The minimum atomic E-state index is -1.32. The van der Waals surface area contributed by atoms with Gasteiger partial charge in [-0.15, -0.1) is 0 Å². The molecular weight excluding hydrogens is 214 g/mol. The number of nitrogens with one attached hydrogen (secondary N) is 1. The summed E-state index contributed by atoms with van der Waals surface area (Å²) in [5.74, 6) is -0.628. The summed E-state index contributed by atoms with van der Waals surface area (Å²) in [5, 5.41) is 12.0. The molecule has 0 aromatic heterocycles. The number of hydrogen-bond acceptors (Lipinski definition) is 4. The molecule has 2 N–H and O–H groups in total. The van der Waals surface area contributed by atoms with Crippen LogP contribution in [0.3, 0.4) is 0 Å². The van der Waals surface area contributed by atoms with Gasteiger partial charge in [-0.05, 0) is 38.0 Å². The van der Waals surface area contributed by atoms with Gasteiger partial charge in [0.1, 0.15) is 0 Å². The molecule has 0 saturated carbocycles. The summed E-state index contributed by atoms with van der Waals surface area (Å²) in [6.07, 6.45) is 3.08. The van der Waals surface area contributed by atoms with Crippen LogP contribution in [0.1, 0.15) is 32.1 Å². The quantitative estimate of drug-likeness (QED) is 0.485. The Bertz CT molecular complexity index is 249. The zero-order valence-corrected chi connectivity index (χ0v) is 9.56. The Kier molecular flexibility index (Phi) is 4.60. The van der Waals surface area contributed by atoms with E-state index in [1.807, 2.05) is 0 Å². The van der Waals surface area contributed by atoms with E-state index in [-0.39, 0.29) is 5.78 Å². The monoisotopic (exact) mass is 231 g/mol. The van der Waals surface area contributed by atoms with Crippen LogP contribution in [-0.2, 0) is 9.59 Å². The lowest BCUT2D eigenvalue weighted by Crippen LogP contribution is -2.60. The highest BCUT2D eigenvalue weighted by atomic mass is 32.1. The van der Waals surface area contributed by atoms with Crippen molar-refractivity contribution in [3.63, 3.8) is 0 Å². The fraction of sp³-hybridized carbons (Fsp3) is 0.800. The second kappa shape index (κ2) is 5.51. The first-order chi connectivity index (χ1) is 7.13. The van der Waals surface area contributed by atoms with Crippen molar-refractivity contribution in [1.82, 2.24) is 5.32 Å². The Morgan fingerprint density at radius 3 is 2.60 bits per heavy atom. The van der Waals surface area contributed by atoms with Crippen molar-refractivity contribution in [2.45, 2.75) is 37.6 Å². The second-order valence-corrected chi connectivity index (χ2v) is 4.29. The SMILES string of the molecule is O=C(O)C1(C(=O)CCCS)CCCCN1. The number of ketones is 1. The molecule has 1 fully saturated rings. The molecular formula is C10H17NO3S. The third-order valence-electron chi connectivity index (χ3n) is 2.81. The first-order valence-corrected chi connectivity index (χ1v) is 5.89. The predicted octanol–water partition coefficient (Wildman–Crippen LogP) is 0.862. The van der Waals surface area contributed by atoms with Crippen molar-refractivity contribution < 1.29 is 14.7 Å². The second-order valence-electron chi connectivity index (χ2n) is 3.84. The molecule has 0 aromatic rings. The van der Waals surface area contributed by atoms with Crippen LogP contribution in [-0.4, -0.2) is 34.7 Å². The van der Waals surface area contributed by atoms with Gasteiger partial charge in [0, 0.05) is 6.42 Å². The van der Waals surface area contributed by atoms with Gasteiger partial charge >= 0.3 is 5.97 Å². The van der Waals surface area contributed by atoms with Crippen molar-refractivity contribution in [2.24, 2.45) is 0 Å². The Morgan fingerprint density at radius 2 is 2.13 bits per heavy atom. The van der Waals surface area contributed by atoms with Gasteiger partial charge in [0.15, 0.2) is 11.3 Å². The Balaban J connectivity index is 2.71. The number of thiol groups is 1. The highest BCUT2D eigenvalue weighted by molar-refractivity contribution is 7.80. The summed E-state index contributed by atoms with van der Waals surface area (Å²) in [6.45, 7) is 0.610. The van der Waals surface area contributed by atoms with Crippen molar-refractivity contribution in [1.29, 1.82) is 0 Å². The van der Waals surface area contributed by atoms with Crippen LogP contribution in [0.2, 0.25) is 0 Å². The van der Waals surface area contributed by atoms with Gasteiger partial charge in [0.05, 0.1) is 0 Å². The highest BCUT2D eigenvalue weighted by Crippen LogP contribution is 2.22. The van der Waals surface area contributed by atoms with Gasteiger partial charge in [0.25, 0.3) is 0 Å². The van der Waals surface area contributed by atoms with Crippen LogP contribution in [0.4, 0.5) is 0 Å². The predicted molar refractivity (Wildman–Crippen MR) is 60.3 cm³/mol. The number of rotatable bonds is 5. The maximum atomic E-state index is 11.8. The van der Waals surface area contributed by atoms with Gasteiger partial charge in [-0.2, -0.15) is 12.6 Å². The molecule has 1 saturated heterocycles. The summed E-state index contributed by atoms with van der Waals surface area (Å²) >= 11 is 4.02. The van der Waals surface area contributed by atoms with Crippen molar-refractivity contribution >= 4 is 24.4 Å². The number of carboxylic acid groups (broad SMARTS) is 1. The van der Waals surface area contributed by atoms with Crippen molar-refractivity contribution in [2.75, 3.05) is 12.3 Å². The Hall–Kier alpha value is -0.550. The average molecular weight is 231 g/mol. The van der Waals surface area contributed by atoms with Crippen LogP contribution in [0.25, 0.3) is 0 Å². The number of carboxylic acids is 1. The molecule has 1 rings (SSSR count). The van der Waals surface area contributed by atoms with E-state index in [4.69, 9.17) is 5.11 Å². The summed E-state index contributed by atoms with van der Waals surface area (Å²) in [7, 11) is 0. The number of Topliss-reactive ketones (excluding diaryl/α,β-unsaturated/α-hetero) is 1. The minimum absolute atomic E-state index is 0.205. The van der Waals surface area contributed by atoms with Crippen LogP contribution in [0.5, 0.6) is 0 Å². The molecule has 4 nitrogen and oxygen atoms in total. The lowest BCUT2D eigenvalue weighted by Gasteiger charge is -2.32. The fourth-order valence-corrected chi connectivity index (χ4v) is 2.06. The van der Waals surface area contributed by atoms with Gasteiger partial charge in [0.2, 0.25) is 0 Å². The molecule has 1 aliphatic rings. The van der Waals surface area contributed by atoms with Crippen LogP contribution in [0.15, 0.2) is 0 Å².